The first-order valence-electron chi connectivity index (χ1n) is 7.55. The Labute approximate surface area is 134 Å². The number of hydrogen-bond acceptors (Lipinski definition) is 5. The number of nitrogens with zero attached hydrogens (tertiary/aromatic N) is 5. The predicted octanol–water partition coefficient (Wildman–Crippen LogP) is 2.51. The summed E-state index contributed by atoms with van der Waals surface area (Å²) < 4.78 is 9.43. The Hall–Kier alpha value is -2.41. The monoisotopic (exact) mass is 315 g/mol. The van der Waals surface area contributed by atoms with Gasteiger partial charge in [0.25, 0.3) is 0 Å². The Morgan fingerprint density at radius 1 is 1.30 bits per heavy atom. The van der Waals surface area contributed by atoms with Crippen LogP contribution < -0.4 is 0 Å². The fraction of sp³-hybridized carbons (Fsp3) is 0.438. The number of hydrogen-bond donors (Lipinski definition) is 1. The van der Waals surface area contributed by atoms with Crippen LogP contribution in [0.1, 0.15) is 32.6 Å². The zero-order valence-electron chi connectivity index (χ0n) is 13.5. The van der Waals surface area contributed by atoms with Crippen molar-refractivity contribution >= 4 is 0 Å². The molecule has 0 spiro atoms. The molecule has 3 aromatic heterocycles. The summed E-state index contributed by atoms with van der Waals surface area (Å²) in [5, 5.41) is 17.6. The summed E-state index contributed by atoms with van der Waals surface area (Å²) in [4.78, 5) is 4.09. The van der Waals surface area contributed by atoms with E-state index in [1.54, 1.807) is 24.7 Å². The van der Waals surface area contributed by atoms with E-state index in [9.17, 15) is 0 Å². The average Bonchev–Trinajstić information content (AvgIpc) is 3.23. The maximum atomic E-state index is 9.10. The van der Waals surface area contributed by atoms with Gasteiger partial charge < -0.3 is 14.1 Å². The second-order valence-electron chi connectivity index (χ2n) is 6.65. The second kappa shape index (κ2) is 6.00. The van der Waals surface area contributed by atoms with Crippen molar-refractivity contribution in [2.45, 2.75) is 40.0 Å². The van der Waals surface area contributed by atoms with E-state index in [0.29, 0.717) is 17.2 Å². The molecule has 7 heteroatoms. The van der Waals surface area contributed by atoms with Gasteiger partial charge in [0, 0.05) is 18.9 Å². The first kappa shape index (κ1) is 15.5. The van der Waals surface area contributed by atoms with Gasteiger partial charge in [-0.3, -0.25) is 0 Å². The molecule has 3 heterocycles. The van der Waals surface area contributed by atoms with Gasteiger partial charge in [-0.2, -0.15) is 0 Å². The van der Waals surface area contributed by atoms with Crippen LogP contribution in [0.15, 0.2) is 41.5 Å². The SMILES string of the molecule is CC(C)(C)[C@H](Cn1ccnc1)n1cc(-c2ccc(CO)o2)nn1. The van der Waals surface area contributed by atoms with Gasteiger partial charge in [0.05, 0.1) is 18.6 Å². The molecule has 3 rings (SSSR count). The molecule has 0 saturated carbocycles. The highest BCUT2D eigenvalue weighted by molar-refractivity contribution is 5.50. The van der Waals surface area contributed by atoms with Crippen molar-refractivity contribution in [1.29, 1.82) is 0 Å². The lowest BCUT2D eigenvalue weighted by Crippen LogP contribution is -2.28. The minimum atomic E-state index is -0.126. The summed E-state index contributed by atoms with van der Waals surface area (Å²) in [7, 11) is 0. The van der Waals surface area contributed by atoms with Crippen molar-refractivity contribution in [3.63, 3.8) is 0 Å². The van der Waals surface area contributed by atoms with E-state index in [2.05, 4.69) is 36.1 Å². The van der Waals surface area contributed by atoms with Gasteiger partial charge in [0.1, 0.15) is 18.1 Å². The van der Waals surface area contributed by atoms with Crippen LogP contribution in [0.4, 0.5) is 0 Å². The number of aromatic nitrogens is 5. The Morgan fingerprint density at radius 3 is 2.74 bits per heavy atom. The third-order valence-electron chi connectivity index (χ3n) is 3.84. The van der Waals surface area contributed by atoms with E-state index in [0.717, 1.165) is 6.54 Å². The lowest BCUT2D eigenvalue weighted by molar-refractivity contribution is 0.196. The number of aliphatic hydroxyl groups is 1. The zero-order chi connectivity index (χ0) is 16.4. The third-order valence-corrected chi connectivity index (χ3v) is 3.84. The standard InChI is InChI=1S/C16H21N5O2/c1-16(2,3)15(9-20-7-6-17-11-20)21-8-13(18-19-21)14-5-4-12(10-22)23-14/h4-8,11,15,22H,9-10H2,1-3H3/t15-/m0/s1. The Bertz CT molecular complexity index is 752. The van der Waals surface area contributed by atoms with Crippen LogP contribution in [0.25, 0.3) is 11.5 Å². The quantitative estimate of drug-likeness (QED) is 0.782. The second-order valence-corrected chi connectivity index (χ2v) is 6.65. The van der Waals surface area contributed by atoms with Crippen molar-refractivity contribution in [1.82, 2.24) is 24.5 Å². The molecule has 1 N–H and O–H groups in total. The highest BCUT2D eigenvalue weighted by Crippen LogP contribution is 2.32. The molecule has 0 aliphatic rings. The minimum Gasteiger partial charge on any atom is -0.457 e. The highest BCUT2D eigenvalue weighted by Gasteiger charge is 2.28. The molecule has 0 radical (unpaired) electrons. The normalized spacial score (nSPS) is 13.4. The molecule has 0 bridgehead atoms. The lowest BCUT2D eigenvalue weighted by Gasteiger charge is -2.30. The third kappa shape index (κ3) is 3.34. The minimum absolute atomic E-state index is 0.00529. The summed E-state index contributed by atoms with van der Waals surface area (Å²) in [5.74, 6) is 1.12. The van der Waals surface area contributed by atoms with Crippen LogP contribution in [0.5, 0.6) is 0 Å². The summed E-state index contributed by atoms with van der Waals surface area (Å²) >= 11 is 0. The maximum absolute atomic E-state index is 9.10. The summed E-state index contributed by atoms with van der Waals surface area (Å²) in [6, 6.07) is 3.65. The van der Waals surface area contributed by atoms with E-state index in [1.807, 2.05) is 21.6 Å². The highest BCUT2D eigenvalue weighted by atomic mass is 16.4. The fourth-order valence-electron chi connectivity index (χ4n) is 2.49. The molecule has 0 amide bonds. The smallest absolute Gasteiger partial charge is 0.156 e. The molecule has 3 aromatic rings. The molecule has 1 atom stereocenters. The number of imidazole rings is 1. The molecule has 0 aliphatic carbocycles. The average molecular weight is 315 g/mol. The molecule has 0 unspecified atom stereocenters. The van der Waals surface area contributed by atoms with Crippen molar-refractivity contribution in [2.75, 3.05) is 0 Å². The van der Waals surface area contributed by atoms with Gasteiger partial charge in [-0.1, -0.05) is 26.0 Å². The van der Waals surface area contributed by atoms with Crippen LogP contribution in [-0.2, 0) is 13.2 Å². The van der Waals surface area contributed by atoms with E-state index in [1.165, 1.54) is 0 Å². The zero-order valence-corrected chi connectivity index (χ0v) is 13.5. The first-order valence-corrected chi connectivity index (χ1v) is 7.55. The van der Waals surface area contributed by atoms with Crippen molar-refractivity contribution in [3.05, 3.63) is 42.8 Å². The Balaban J connectivity index is 1.88. The van der Waals surface area contributed by atoms with E-state index in [-0.39, 0.29) is 18.1 Å². The van der Waals surface area contributed by atoms with Crippen LogP contribution in [0.2, 0.25) is 0 Å². The Morgan fingerprint density at radius 2 is 2.13 bits per heavy atom. The van der Waals surface area contributed by atoms with Gasteiger partial charge in [0.15, 0.2) is 5.76 Å². The van der Waals surface area contributed by atoms with Gasteiger partial charge in [-0.25, -0.2) is 9.67 Å². The van der Waals surface area contributed by atoms with Gasteiger partial charge in [-0.05, 0) is 17.5 Å². The number of furan rings is 1. The van der Waals surface area contributed by atoms with E-state index in [4.69, 9.17) is 9.52 Å². The summed E-state index contributed by atoms with van der Waals surface area (Å²) in [6.07, 6.45) is 7.39. The van der Waals surface area contributed by atoms with Gasteiger partial charge in [-0.15, -0.1) is 5.10 Å². The molecule has 122 valence electrons. The largest absolute Gasteiger partial charge is 0.457 e. The van der Waals surface area contributed by atoms with Crippen LogP contribution in [-0.4, -0.2) is 29.7 Å². The van der Waals surface area contributed by atoms with Gasteiger partial charge in [0.2, 0.25) is 0 Å². The molecular weight excluding hydrogens is 294 g/mol. The van der Waals surface area contributed by atoms with Crippen LogP contribution in [0.3, 0.4) is 0 Å². The molecule has 7 nitrogen and oxygen atoms in total. The summed E-state index contributed by atoms with van der Waals surface area (Å²) in [6.45, 7) is 7.15. The van der Waals surface area contributed by atoms with Crippen LogP contribution >= 0.6 is 0 Å². The molecule has 23 heavy (non-hydrogen) atoms. The van der Waals surface area contributed by atoms with E-state index < -0.39 is 0 Å². The summed E-state index contributed by atoms with van der Waals surface area (Å²) in [5.41, 5.74) is 0.652. The number of rotatable bonds is 5. The first-order chi connectivity index (χ1) is 11.0. The van der Waals surface area contributed by atoms with E-state index >= 15 is 0 Å². The fourth-order valence-corrected chi connectivity index (χ4v) is 2.49. The number of aliphatic hydroxyl groups excluding tert-OH is 1. The molecule has 0 aromatic carbocycles. The van der Waals surface area contributed by atoms with Crippen molar-refractivity contribution < 1.29 is 9.52 Å². The lowest BCUT2D eigenvalue weighted by atomic mass is 9.86. The van der Waals surface area contributed by atoms with Crippen molar-refractivity contribution in [3.8, 4) is 11.5 Å². The van der Waals surface area contributed by atoms with Crippen LogP contribution in [0, 0.1) is 5.41 Å². The maximum Gasteiger partial charge on any atom is 0.156 e. The van der Waals surface area contributed by atoms with Crippen molar-refractivity contribution in [2.24, 2.45) is 5.41 Å². The Kier molecular flexibility index (Phi) is 4.04. The molecule has 0 fully saturated rings. The van der Waals surface area contributed by atoms with Gasteiger partial charge >= 0.3 is 0 Å². The predicted molar refractivity (Wildman–Crippen MR) is 84.4 cm³/mol. The molecule has 0 saturated heterocycles. The molecular formula is C16H21N5O2. The molecule has 0 aliphatic heterocycles. The topological polar surface area (TPSA) is 81.9 Å².